The SMILES string of the molecule is C[C@@H]1CCCC[C@H]1N1C(=O)/C(=C/c2cc(Cl)ccc2O)SC1=Nc1ccccc1. The molecule has 2 aromatic rings. The molecule has 0 unspecified atom stereocenters. The maximum atomic E-state index is 13.4. The summed E-state index contributed by atoms with van der Waals surface area (Å²) in [4.78, 5) is 20.6. The van der Waals surface area contributed by atoms with E-state index in [1.165, 1.54) is 18.2 Å². The van der Waals surface area contributed by atoms with Gasteiger partial charge in [-0.2, -0.15) is 0 Å². The van der Waals surface area contributed by atoms with Crippen molar-refractivity contribution in [2.24, 2.45) is 10.9 Å². The highest BCUT2D eigenvalue weighted by atomic mass is 35.5. The summed E-state index contributed by atoms with van der Waals surface area (Å²) in [6.45, 7) is 2.21. The van der Waals surface area contributed by atoms with E-state index in [0.29, 0.717) is 26.6 Å². The molecule has 150 valence electrons. The molecule has 2 atom stereocenters. The van der Waals surface area contributed by atoms with Crippen molar-refractivity contribution in [1.82, 2.24) is 4.90 Å². The molecule has 1 saturated heterocycles. The Bertz CT molecular complexity index is 974. The van der Waals surface area contributed by atoms with Crippen molar-refractivity contribution in [2.75, 3.05) is 0 Å². The van der Waals surface area contributed by atoms with E-state index >= 15 is 0 Å². The van der Waals surface area contributed by atoms with Crippen LogP contribution in [-0.2, 0) is 4.79 Å². The molecule has 4 rings (SSSR count). The van der Waals surface area contributed by atoms with Crippen molar-refractivity contribution in [3.05, 3.63) is 64.0 Å². The molecule has 1 saturated carbocycles. The fourth-order valence-electron chi connectivity index (χ4n) is 3.93. The first-order valence-electron chi connectivity index (χ1n) is 9.88. The minimum atomic E-state index is -0.0530. The fraction of sp³-hybridized carbons (Fsp3) is 0.304. The van der Waals surface area contributed by atoms with Crippen LogP contribution in [0.25, 0.3) is 6.08 Å². The summed E-state index contributed by atoms with van der Waals surface area (Å²) >= 11 is 7.44. The average molecular weight is 427 g/mol. The number of phenolic OH excluding ortho intramolecular Hbond substituents is 1. The Morgan fingerprint density at radius 1 is 1.17 bits per heavy atom. The van der Waals surface area contributed by atoms with Crippen molar-refractivity contribution in [2.45, 2.75) is 38.6 Å². The average Bonchev–Trinajstić information content (AvgIpc) is 3.01. The molecule has 4 nitrogen and oxygen atoms in total. The van der Waals surface area contributed by atoms with E-state index in [-0.39, 0.29) is 17.7 Å². The lowest BCUT2D eigenvalue weighted by atomic mass is 9.85. The van der Waals surface area contributed by atoms with E-state index in [2.05, 4.69) is 6.92 Å². The third kappa shape index (κ3) is 4.36. The van der Waals surface area contributed by atoms with Gasteiger partial charge in [0, 0.05) is 16.6 Å². The van der Waals surface area contributed by atoms with Gasteiger partial charge >= 0.3 is 0 Å². The normalized spacial score (nSPS) is 25.2. The van der Waals surface area contributed by atoms with Crippen molar-refractivity contribution in [3.8, 4) is 5.75 Å². The van der Waals surface area contributed by atoms with Gasteiger partial charge in [-0.3, -0.25) is 9.69 Å². The van der Waals surface area contributed by atoms with Crippen LogP contribution in [0, 0.1) is 5.92 Å². The van der Waals surface area contributed by atoms with Gasteiger partial charge in [0.15, 0.2) is 5.17 Å². The van der Waals surface area contributed by atoms with Gasteiger partial charge in [-0.15, -0.1) is 0 Å². The standard InChI is InChI=1S/C23H23ClN2O2S/c1-15-7-5-6-10-19(15)26-22(28)21(14-16-13-17(24)11-12-20(16)27)29-23(26)25-18-8-3-2-4-9-18/h2-4,8-9,11-15,19,27H,5-7,10H2,1H3/b21-14-,25-23?/t15-,19-/m1/s1. The Labute approximate surface area is 180 Å². The predicted octanol–water partition coefficient (Wildman–Crippen LogP) is 6.23. The number of aromatic hydroxyl groups is 1. The predicted molar refractivity (Wildman–Crippen MR) is 120 cm³/mol. The summed E-state index contributed by atoms with van der Waals surface area (Å²) < 4.78 is 0. The molecule has 1 heterocycles. The van der Waals surface area contributed by atoms with Gasteiger partial charge in [-0.05, 0) is 66.9 Å². The third-order valence-corrected chi connectivity index (χ3v) is 6.71. The van der Waals surface area contributed by atoms with Crippen LogP contribution in [0.4, 0.5) is 5.69 Å². The molecule has 1 aliphatic carbocycles. The molecule has 2 aliphatic rings. The lowest BCUT2D eigenvalue weighted by Crippen LogP contribution is -2.44. The Morgan fingerprint density at radius 2 is 1.93 bits per heavy atom. The summed E-state index contributed by atoms with van der Waals surface area (Å²) in [5.74, 6) is 0.470. The summed E-state index contributed by atoms with van der Waals surface area (Å²) in [5.41, 5.74) is 1.36. The zero-order chi connectivity index (χ0) is 20.4. The van der Waals surface area contributed by atoms with Crippen molar-refractivity contribution in [3.63, 3.8) is 0 Å². The molecule has 2 aromatic carbocycles. The zero-order valence-corrected chi connectivity index (χ0v) is 17.8. The molecule has 0 bridgehead atoms. The van der Waals surface area contributed by atoms with Crippen molar-refractivity contribution >= 4 is 46.2 Å². The lowest BCUT2D eigenvalue weighted by molar-refractivity contribution is -0.124. The molecule has 1 N–H and O–H groups in total. The highest BCUT2D eigenvalue weighted by Crippen LogP contribution is 2.40. The van der Waals surface area contributed by atoms with Crippen molar-refractivity contribution in [1.29, 1.82) is 0 Å². The second-order valence-corrected chi connectivity index (χ2v) is 8.99. The quantitative estimate of drug-likeness (QED) is 0.592. The first kappa shape index (κ1) is 20.0. The highest BCUT2D eigenvalue weighted by molar-refractivity contribution is 8.18. The molecule has 0 spiro atoms. The van der Waals surface area contributed by atoms with Gasteiger partial charge in [0.25, 0.3) is 5.91 Å². The monoisotopic (exact) mass is 426 g/mol. The van der Waals surface area contributed by atoms with E-state index in [1.807, 2.05) is 35.2 Å². The van der Waals surface area contributed by atoms with E-state index in [9.17, 15) is 9.90 Å². The Balaban J connectivity index is 1.74. The number of amides is 1. The van der Waals surface area contributed by atoms with Crippen LogP contribution in [-0.4, -0.2) is 27.1 Å². The van der Waals surface area contributed by atoms with Crippen LogP contribution in [0.1, 0.15) is 38.2 Å². The Morgan fingerprint density at radius 3 is 2.69 bits per heavy atom. The second-order valence-electron chi connectivity index (χ2n) is 7.55. The summed E-state index contributed by atoms with van der Waals surface area (Å²) in [7, 11) is 0. The number of thioether (sulfide) groups is 1. The van der Waals surface area contributed by atoms with Gasteiger partial charge in [0.1, 0.15) is 5.75 Å². The highest BCUT2D eigenvalue weighted by Gasteiger charge is 2.41. The minimum absolute atomic E-state index is 0.0530. The van der Waals surface area contributed by atoms with Gasteiger partial charge in [-0.25, -0.2) is 4.99 Å². The topological polar surface area (TPSA) is 52.9 Å². The third-order valence-electron chi connectivity index (χ3n) is 5.49. The Kier molecular flexibility index (Phi) is 5.97. The number of hydrogen-bond donors (Lipinski definition) is 1. The van der Waals surface area contributed by atoms with E-state index in [0.717, 1.165) is 24.9 Å². The second kappa shape index (κ2) is 8.64. The van der Waals surface area contributed by atoms with E-state index in [4.69, 9.17) is 16.6 Å². The van der Waals surface area contributed by atoms with Crippen LogP contribution < -0.4 is 0 Å². The molecular weight excluding hydrogens is 404 g/mol. The van der Waals surface area contributed by atoms with Crippen LogP contribution in [0.15, 0.2) is 58.4 Å². The molecule has 0 radical (unpaired) electrons. The number of halogens is 1. The molecular formula is C23H23ClN2O2S. The van der Waals surface area contributed by atoms with Gasteiger partial charge < -0.3 is 5.11 Å². The molecule has 1 aliphatic heterocycles. The Hall–Kier alpha value is -2.24. The molecule has 2 fully saturated rings. The number of carbonyl (C=O) groups is 1. The van der Waals surface area contributed by atoms with Crippen molar-refractivity contribution < 1.29 is 9.90 Å². The minimum Gasteiger partial charge on any atom is -0.507 e. The van der Waals surface area contributed by atoms with Gasteiger partial charge in [0.2, 0.25) is 0 Å². The first-order chi connectivity index (χ1) is 14.0. The number of phenols is 1. The number of benzene rings is 2. The molecule has 6 heteroatoms. The number of nitrogens with zero attached hydrogens (tertiary/aromatic N) is 2. The van der Waals surface area contributed by atoms with Crippen LogP contribution >= 0.6 is 23.4 Å². The molecule has 29 heavy (non-hydrogen) atoms. The first-order valence-corrected chi connectivity index (χ1v) is 11.1. The van der Waals surface area contributed by atoms with E-state index in [1.54, 1.807) is 24.3 Å². The van der Waals surface area contributed by atoms with Gasteiger partial charge in [0.05, 0.1) is 10.6 Å². The van der Waals surface area contributed by atoms with Gasteiger partial charge in [-0.1, -0.05) is 49.6 Å². The maximum absolute atomic E-state index is 13.4. The zero-order valence-electron chi connectivity index (χ0n) is 16.2. The lowest BCUT2D eigenvalue weighted by Gasteiger charge is -2.35. The number of rotatable bonds is 3. The summed E-state index contributed by atoms with van der Waals surface area (Å²) in [6.07, 6.45) is 6.14. The number of amidine groups is 1. The van der Waals surface area contributed by atoms with Crippen LogP contribution in [0.2, 0.25) is 5.02 Å². The number of para-hydroxylation sites is 1. The molecule has 0 aromatic heterocycles. The maximum Gasteiger partial charge on any atom is 0.267 e. The number of carbonyl (C=O) groups excluding carboxylic acids is 1. The largest absolute Gasteiger partial charge is 0.507 e. The van der Waals surface area contributed by atoms with Crippen LogP contribution in [0.3, 0.4) is 0 Å². The summed E-state index contributed by atoms with van der Waals surface area (Å²) in [5, 5.41) is 11.4. The van der Waals surface area contributed by atoms with E-state index < -0.39 is 0 Å². The number of hydrogen-bond acceptors (Lipinski definition) is 4. The molecule has 1 amide bonds. The summed E-state index contributed by atoms with van der Waals surface area (Å²) in [6, 6.07) is 14.7. The smallest absolute Gasteiger partial charge is 0.267 e. The van der Waals surface area contributed by atoms with Crippen LogP contribution in [0.5, 0.6) is 5.75 Å². The fourth-order valence-corrected chi connectivity index (χ4v) is 5.15. The number of aliphatic imine (C=N–C) groups is 1.